The van der Waals surface area contributed by atoms with Crippen molar-refractivity contribution < 1.29 is 4.39 Å². The van der Waals surface area contributed by atoms with E-state index in [1.807, 2.05) is 0 Å². The summed E-state index contributed by atoms with van der Waals surface area (Å²) in [6.45, 7) is 1.72. The third-order valence-corrected chi connectivity index (χ3v) is 3.03. The number of aryl methyl sites for hydroxylation is 1. The van der Waals surface area contributed by atoms with Crippen LogP contribution in [0.5, 0.6) is 0 Å². The van der Waals surface area contributed by atoms with Crippen molar-refractivity contribution >= 4 is 17.4 Å². The number of rotatable bonds is 2. The predicted octanol–water partition coefficient (Wildman–Crippen LogP) is 1.95. The second-order valence-corrected chi connectivity index (χ2v) is 4.48. The van der Waals surface area contributed by atoms with Crippen LogP contribution in [0.15, 0.2) is 39.1 Å². The third-order valence-electron chi connectivity index (χ3n) is 2.07. The summed E-state index contributed by atoms with van der Waals surface area (Å²) in [4.78, 5) is 18.5. The van der Waals surface area contributed by atoms with E-state index in [-0.39, 0.29) is 11.2 Å². The van der Waals surface area contributed by atoms with Gasteiger partial charge < -0.3 is 10.7 Å². The summed E-state index contributed by atoms with van der Waals surface area (Å²) in [6, 6.07) is 5.90. The topological polar surface area (TPSA) is 71.8 Å². The Hall–Kier alpha value is -1.82. The molecule has 2 aromatic rings. The zero-order chi connectivity index (χ0) is 12.4. The molecule has 0 amide bonds. The second kappa shape index (κ2) is 4.58. The summed E-state index contributed by atoms with van der Waals surface area (Å²) in [5, 5.41) is 0.396. The molecule has 4 nitrogen and oxygen atoms in total. The first kappa shape index (κ1) is 11.7. The van der Waals surface area contributed by atoms with E-state index in [0.29, 0.717) is 15.7 Å². The number of aromatic amines is 1. The number of halogens is 1. The number of hydrogen-bond acceptors (Lipinski definition) is 4. The van der Waals surface area contributed by atoms with E-state index in [9.17, 15) is 9.18 Å². The van der Waals surface area contributed by atoms with E-state index in [4.69, 9.17) is 5.73 Å². The fraction of sp³-hybridized carbons (Fsp3) is 0.0909. The van der Waals surface area contributed by atoms with Gasteiger partial charge in [-0.25, -0.2) is 9.37 Å². The van der Waals surface area contributed by atoms with Crippen LogP contribution in [0, 0.1) is 12.7 Å². The molecule has 1 aromatic carbocycles. The first-order chi connectivity index (χ1) is 8.06. The molecule has 0 spiro atoms. The van der Waals surface area contributed by atoms with Crippen LogP contribution in [0.2, 0.25) is 0 Å². The lowest BCUT2D eigenvalue weighted by molar-refractivity contribution is 0.629. The van der Waals surface area contributed by atoms with Crippen molar-refractivity contribution in [3.05, 3.63) is 46.1 Å². The molecule has 0 atom stereocenters. The molecule has 0 aliphatic heterocycles. The van der Waals surface area contributed by atoms with E-state index >= 15 is 0 Å². The van der Waals surface area contributed by atoms with E-state index in [0.717, 1.165) is 11.8 Å². The van der Waals surface area contributed by atoms with Crippen LogP contribution in [-0.4, -0.2) is 9.97 Å². The van der Waals surface area contributed by atoms with E-state index in [2.05, 4.69) is 9.97 Å². The molecule has 0 radical (unpaired) electrons. The average molecular weight is 251 g/mol. The van der Waals surface area contributed by atoms with Gasteiger partial charge in [0.15, 0.2) is 5.16 Å². The quantitative estimate of drug-likeness (QED) is 0.632. The number of nitrogens with zero attached hydrogens (tertiary/aromatic N) is 1. The first-order valence-electron chi connectivity index (χ1n) is 4.86. The Kier molecular flexibility index (Phi) is 3.14. The number of nitrogen functional groups attached to an aromatic ring is 1. The first-order valence-corrected chi connectivity index (χ1v) is 5.68. The third kappa shape index (κ3) is 2.65. The maximum Gasteiger partial charge on any atom is 0.251 e. The van der Waals surface area contributed by atoms with Crippen LogP contribution >= 0.6 is 11.8 Å². The Labute approximate surface area is 101 Å². The molecular weight excluding hydrogens is 241 g/mol. The van der Waals surface area contributed by atoms with Crippen molar-refractivity contribution in [3.8, 4) is 0 Å². The van der Waals surface area contributed by atoms with Crippen LogP contribution in [0.3, 0.4) is 0 Å². The highest BCUT2D eigenvalue weighted by Gasteiger charge is 2.07. The Morgan fingerprint density at radius 3 is 2.94 bits per heavy atom. The highest BCUT2D eigenvalue weighted by Crippen LogP contribution is 2.30. The summed E-state index contributed by atoms with van der Waals surface area (Å²) in [5.74, 6) is -0.481. The van der Waals surface area contributed by atoms with E-state index < -0.39 is 5.82 Å². The van der Waals surface area contributed by atoms with Gasteiger partial charge in [0.2, 0.25) is 0 Å². The predicted molar refractivity (Wildman–Crippen MR) is 64.5 cm³/mol. The van der Waals surface area contributed by atoms with Crippen LogP contribution in [0.4, 0.5) is 10.1 Å². The molecule has 0 unspecified atom stereocenters. The molecule has 0 saturated carbocycles. The smallest absolute Gasteiger partial charge is 0.251 e. The maximum atomic E-state index is 13.2. The molecule has 6 heteroatoms. The molecule has 3 N–H and O–H groups in total. The van der Waals surface area contributed by atoms with Crippen LogP contribution < -0.4 is 11.3 Å². The minimum absolute atomic E-state index is 0.0571. The summed E-state index contributed by atoms with van der Waals surface area (Å²) >= 11 is 1.13. The molecule has 2 rings (SSSR count). The fourth-order valence-corrected chi connectivity index (χ4v) is 2.21. The van der Waals surface area contributed by atoms with Gasteiger partial charge in [-0.3, -0.25) is 4.79 Å². The fourth-order valence-electron chi connectivity index (χ4n) is 1.31. The highest BCUT2D eigenvalue weighted by molar-refractivity contribution is 7.99. The minimum atomic E-state index is -0.481. The average Bonchev–Trinajstić information content (AvgIpc) is 2.23. The van der Waals surface area contributed by atoms with Gasteiger partial charge in [0.05, 0.1) is 5.69 Å². The monoisotopic (exact) mass is 251 g/mol. The van der Waals surface area contributed by atoms with Crippen molar-refractivity contribution in [2.75, 3.05) is 5.73 Å². The lowest BCUT2D eigenvalue weighted by Gasteiger charge is -2.05. The number of para-hydroxylation sites is 1. The Morgan fingerprint density at radius 2 is 2.24 bits per heavy atom. The maximum absolute atomic E-state index is 13.2. The number of anilines is 1. The molecule has 0 fully saturated rings. The summed E-state index contributed by atoms with van der Waals surface area (Å²) < 4.78 is 13.2. The molecule has 17 heavy (non-hydrogen) atoms. The van der Waals surface area contributed by atoms with Gasteiger partial charge in [-0.1, -0.05) is 6.07 Å². The van der Waals surface area contributed by atoms with Crippen molar-refractivity contribution in [2.45, 2.75) is 17.0 Å². The molecule has 0 bridgehead atoms. The molecule has 0 saturated heterocycles. The Bertz CT molecular complexity index is 612. The molecule has 1 heterocycles. The SMILES string of the molecule is Cc1cc(=O)[nH]c(Sc2cccc(F)c2N)n1. The number of hydrogen-bond donors (Lipinski definition) is 2. The lowest BCUT2D eigenvalue weighted by atomic mass is 10.3. The minimum Gasteiger partial charge on any atom is -0.395 e. The molecule has 1 aromatic heterocycles. The molecule has 0 aliphatic rings. The van der Waals surface area contributed by atoms with Crippen LogP contribution in [0.1, 0.15) is 5.69 Å². The van der Waals surface area contributed by atoms with Gasteiger partial charge in [0.25, 0.3) is 5.56 Å². The number of benzene rings is 1. The van der Waals surface area contributed by atoms with Crippen LogP contribution in [0.25, 0.3) is 0 Å². The van der Waals surface area contributed by atoms with Crippen molar-refractivity contribution in [1.82, 2.24) is 9.97 Å². The Balaban J connectivity index is 2.38. The summed E-state index contributed by atoms with van der Waals surface area (Å²) in [5.41, 5.74) is 6.01. The summed E-state index contributed by atoms with van der Waals surface area (Å²) in [7, 11) is 0. The van der Waals surface area contributed by atoms with Gasteiger partial charge in [-0.15, -0.1) is 0 Å². The normalized spacial score (nSPS) is 10.5. The number of nitrogens with one attached hydrogen (secondary N) is 1. The van der Waals surface area contributed by atoms with Crippen molar-refractivity contribution in [2.24, 2.45) is 0 Å². The Morgan fingerprint density at radius 1 is 1.47 bits per heavy atom. The van der Waals surface area contributed by atoms with Gasteiger partial charge in [0, 0.05) is 16.7 Å². The number of aromatic nitrogens is 2. The molecular formula is C11H10FN3OS. The van der Waals surface area contributed by atoms with Crippen molar-refractivity contribution in [1.29, 1.82) is 0 Å². The number of H-pyrrole nitrogens is 1. The standard InChI is InChI=1S/C11H10FN3OS/c1-6-5-9(16)15-11(14-6)17-8-4-2-3-7(12)10(8)13/h2-5H,13H2,1H3,(H,14,15,16). The number of nitrogens with two attached hydrogens (primary N) is 1. The van der Waals surface area contributed by atoms with Crippen LogP contribution in [-0.2, 0) is 0 Å². The summed E-state index contributed by atoms with van der Waals surface area (Å²) in [6.07, 6.45) is 0. The zero-order valence-electron chi connectivity index (χ0n) is 9.03. The highest BCUT2D eigenvalue weighted by atomic mass is 32.2. The zero-order valence-corrected chi connectivity index (χ0v) is 9.84. The molecule has 88 valence electrons. The van der Waals surface area contributed by atoms with E-state index in [1.165, 1.54) is 12.1 Å². The van der Waals surface area contributed by atoms with Crippen molar-refractivity contribution in [3.63, 3.8) is 0 Å². The largest absolute Gasteiger partial charge is 0.395 e. The lowest BCUT2D eigenvalue weighted by Crippen LogP contribution is -2.08. The molecule has 0 aliphatic carbocycles. The van der Waals surface area contributed by atoms with Gasteiger partial charge >= 0.3 is 0 Å². The second-order valence-electron chi connectivity index (χ2n) is 3.45. The van der Waals surface area contributed by atoms with Gasteiger partial charge in [0.1, 0.15) is 5.82 Å². The van der Waals surface area contributed by atoms with Gasteiger partial charge in [-0.2, -0.15) is 0 Å². The van der Waals surface area contributed by atoms with E-state index in [1.54, 1.807) is 19.1 Å². The van der Waals surface area contributed by atoms with Gasteiger partial charge in [-0.05, 0) is 30.8 Å².